The number of halogens is 1. The van der Waals surface area contributed by atoms with Gasteiger partial charge < -0.3 is 14.8 Å². The minimum atomic E-state index is -0.178. The lowest BCUT2D eigenvalue weighted by Gasteiger charge is -2.13. The van der Waals surface area contributed by atoms with Gasteiger partial charge in [0.1, 0.15) is 11.5 Å². The lowest BCUT2D eigenvalue weighted by molar-refractivity contribution is -0.115. The molecule has 2 aromatic carbocycles. The van der Waals surface area contributed by atoms with Gasteiger partial charge in [-0.3, -0.25) is 9.20 Å². The Labute approximate surface area is 176 Å². The summed E-state index contributed by atoms with van der Waals surface area (Å²) in [6, 6.07) is 13.2. The molecule has 0 aliphatic rings. The SMILES string of the molecule is COc1cc(NC(=O)Cc2csc3nc(-c4ccccc4)cn23)c(OC)cc1Cl. The Morgan fingerprint density at radius 1 is 1.17 bits per heavy atom. The van der Waals surface area contributed by atoms with E-state index in [9.17, 15) is 4.79 Å². The van der Waals surface area contributed by atoms with E-state index in [0.717, 1.165) is 21.9 Å². The van der Waals surface area contributed by atoms with Crippen LogP contribution >= 0.6 is 22.9 Å². The number of nitrogens with zero attached hydrogens (tertiary/aromatic N) is 2. The molecule has 29 heavy (non-hydrogen) atoms. The van der Waals surface area contributed by atoms with Crippen molar-refractivity contribution in [3.05, 3.63) is 64.8 Å². The van der Waals surface area contributed by atoms with Crippen molar-refractivity contribution in [3.63, 3.8) is 0 Å². The van der Waals surface area contributed by atoms with Crippen molar-refractivity contribution in [2.24, 2.45) is 0 Å². The Balaban J connectivity index is 1.56. The number of methoxy groups -OCH3 is 2. The lowest BCUT2D eigenvalue weighted by atomic mass is 10.2. The predicted octanol–water partition coefficient (Wildman–Crippen LogP) is 4.91. The number of hydrogen-bond donors (Lipinski definition) is 1. The molecule has 0 radical (unpaired) electrons. The fourth-order valence-electron chi connectivity index (χ4n) is 3.02. The number of carbonyl (C=O) groups is 1. The molecule has 6 nitrogen and oxygen atoms in total. The molecule has 2 heterocycles. The number of fused-ring (bicyclic) bond motifs is 1. The van der Waals surface area contributed by atoms with E-state index in [1.54, 1.807) is 12.1 Å². The van der Waals surface area contributed by atoms with Gasteiger partial charge in [-0.2, -0.15) is 0 Å². The molecule has 0 bridgehead atoms. The zero-order valence-electron chi connectivity index (χ0n) is 15.8. The Kier molecular flexibility index (Phi) is 5.42. The highest BCUT2D eigenvalue weighted by molar-refractivity contribution is 7.15. The Bertz CT molecular complexity index is 1170. The van der Waals surface area contributed by atoms with E-state index in [4.69, 9.17) is 21.1 Å². The van der Waals surface area contributed by atoms with Crippen LogP contribution in [0.2, 0.25) is 5.02 Å². The predicted molar refractivity (Wildman–Crippen MR) is 115 cm³/mol. The summed E-state index contributed by atoms with van der Waals surface area (Å²) in [5, 5.41) is 5.22. The van der Waals surface area contributed by atoms with Crippen LogP contribution in [0.15, 0.2) is 54.0 Å². The molecule has 8 heteroatoms. The van der Waals surface area contributed by atoms with Crippen molar-refractivity contribution in [2.75, 3.05) is 19.5 Å². The largest absolute Gasteiger partial charge is 0.495 e. The Morgan fingerprint density at radius 2 is 1.93 bits per heavy atom. The van der Waals surface area contributed by atoms with Gasteiger partial charge in [-0.15, -0.1) is 11.3 Å². The van der Waals surface area contributed by atoms with Crippen LogP contribution in [0.3, 0.4) is 0 Å². The van der Waals surface area contributed by atoms with E-state index in [2.05, 4.69) is 10.3 Å². The molecule has 1 amide bonds. The molecule has 148 valence electrons. The standard InChI is InChI=1S/C21H18ClN3O3S/c1-27-18-10-16(19(28-2)9-15(18)22)23-20(26)8-14-12-29-21-24-17(11-25(14)21)13-6-4-3-5-7-13/h3-7,9-12H,8H2,1-2H3,(H,23,26). The zero-order chi connectivity index (χ0) is 20.4. The minimum absolute atomic E-state index is 0.178. The summed E-state index contributed by atoms with van der Waals surface area (Å²) in [4.78, 5) is 18.2. The number of carbonyl (C=O) groups excluding carboxylic acids is 1. The molecule has 4 aromatic rings. The van der Waals surface area contributed by atoms with Gasteiger partial charge in [0, 0.05) is 35.0 Å². The highest BCUT2D eigenvalue weighted by atomic mass is 35.5. The molecule has 0 aliphatic carbocycles. The van der Waals surface area contributed by atoms with Gasteiger partial charge >= 0.3 is 0 Å². The maximum absolute atomic E-state index is 12.7. The highest BCUT2D eigenvalue weighted by Gasteiger charge is 2.16. The molecule has 1 N–H and O–H groups in total. The molecule has 0 fully saturated rings. The first kappa shape index (κ1) is 19.3. The summed E-state index contributed by atoms with van der Waals surface area (Å²) < 4.78 is 12.5. The maximum Gasteiger partial charge on any atom is 0.230 e. The third kappa shape index (κ3) is 3.92. The number of benzene rings is 2. The van der Waals surface area contributed by atoms with Crippen LogP contribution in [-0.2, 0) is 11.2 Å². The Hall–Kier alpha value is -3.03. The number of nitrogens with one attached hydrogen (secondary N) is 1. The van der Waals surface area contributed by atoms with Crippen molar-refractivity contribution >= 4 is 39.5 Å². The minimum Gasteiger partial charge on any atom is -0.495 e. The van der Waals surface area contributed by atoms with E-state index < -0.39 is 0 Å². The van der Waals surface area contributed by atoms with Crippen LogP contribution in [0.25, 0.3) is 16.2 Å². The van der Waals surface area contributed by atoms with Crippen LogP contribution in [-0.4, -0.2) is 29.5 Å². The van der Waals surface area contributed by atoms with Gasteiger partial charge in [0.25, 0.3) is 0 Å². The van der Waals surface area contributed by atoms with E-state index in [-0.39, 0.29) is 12.3 Å². The number of thiazole rings is 1. The number of ether oxygens (including phenoxy) is 2. The van der Waals surface area contributed by atoms with Crippen molar-refractivity contribution in [3.8, 4) is 22.8 Å². The van der Waals surface area contributed by atoms with E-state index in [1.807, 2.05) is 46.3 Å². The molecular weight excluding hydrogens is 410 g/mol. The summed E-state index contributed by atoms with van der Waals surface area (Å²) in [5.41, 5.74) is 3.28. The van der Waals surface area contributed by atoms with Crippen LogP contribution in [0.5, 0.6) is 11.5 Å². The average Bonchev–Trinajstić information content (AvgIpc) is 3.31. The van der Waals surface area contributed by atoms with Crippen LogP contribution in [0, 0.1) is 0 Å². The summed E-state index contributed by atoms with van der Waals surface area (Å²) in [7, 11) is 3.04. The first-order chi connectivity index (χ1) is 14.1. The van der Waals surface area contributed by atoms with E-state index in [1.165, 1.54) is 25.6 Å². The van der Waals surface area contributed by atoms with E-state index in [0.29, 0.717) is 22.2 Å². The molecule has 0 saturated carbocycles. The number of amides is 1. The number of anilines is 1. The van der Waals surface area contributed by atoms with Gasteiger partial charge in [-0.25, -0.2) is 4.98 Å². The second-order valence-corrected chi connectivity index (χ2v) is 7.53. The summed E-state index contributed by atoms with van der Waals surface area (Å²) in [5.74, 6) is 0.749. The molecular formula is C21H18ClN3O3S. The molecule has 0 atom stereocenters. The summed E-state index contributed by atoms with van der Waals surface area (Å²) in [6.45, 7) is 0. The number of rotatable bonds is 6. The average molecular weight is 428 g/mol. The number of hydrogen-bond acceptors (Lipinski definition) is 5. The topological polar surface area (TPSA) is 64.9 Å². The molecule has 0 spiro atoms. The first-order valence-corrected chi connectivity index (χ1v) is 10.1. The lowest BCUT2D eigenvalue weighted by Crippen LogP contribution is -2.16. The highest BCUT2D eigenvalue weighted by Crippen LogP contribution is 2.36. The smallest absolute Gasteiger partial charge is 0.230 e. The van der Waals surface area contributed by atoms with Crippen molar-refractivity contribution in [1.82, 2.24) is 9.38 Å². The molecule has 4 rings (SSSR count). The van der Waals surface area contributed by atoms with Crippen molar-refractivity contribution in [1.29, 1.82) is 0 Å². The van der Waals surface area contributed by atoms with Gasteiger partial charge in [0.15, 0.2) is 4.96 Å². The number of aromatic nitrogens is 2. The van der Waals surface area contributed by atoms with Crippen LogP contribution in [0.4, 0.5) is 5.69 Å². The van der Waals surface area contributed by atoms with Crippen molar-refractivity contribution in [2.45, 2.75) is 6.42 Å². The van der Waals surface area contributed by atoms with Gasteiger partial charge in [0.05, 0.1) is 37.0 Å². The fraction of sp³-hybridized carbons (Fsp3) is 0.143. The summed E-state index contributed by atoms with van der Waals surface area (Å²) >= 11 is 7.63. The molecule has 0 unspecified atom stereocenters. The maximum atomic E-state index is 12.7. The molecule has 0 saturated heterocycles. The second-order valence-electron chi connectivity index (χ2n) is 6.28. The first-order valence-electron chi connectivity index (χ1n) is 8.81. The third-order valence-corrected chi connectivity index (χ3v) is 5.63. The van der Waals surface area contributed by atoms with Crippen molar-refractivity contribution < 1.29 is 14.3 Å². The fourth-order valence-corrected chi connectivity index (χ4v) is 4.13. The summed E-state index contributed by atoms with van der Waals surface area (Å²) in [6.07, 6.45) is 2.15. The van der Waals surface area contributed by atoms with Crippen LogP contribution in [0.1, 0.15) is 5.69 Å². The quantitative estimate of drug-likeness (QED) is 0.474. The Morgan fingerprint density at radius 3 is 2.66 bits per heavy atom. The van der Waals surface area contributed by atoms with Crippen LogP contribution < -0.4 is 14.8 Å². The van der Waals surface area contributed by atoms with E-state index >= 15 is 0 Å². The van der Waals surface area contributed by atoms with Gasteiger partial charge in [-0.05, 0) is 0 Å². The van der Waals surface area contributed by atoms with Gasteiger partial charge in [0.2, 0.25) is 5.91 Å². The zero-order valence-corrected chi connectivity index (χ0v) is 17.4. The molecule has 0 aliphatic heterocycles. The molecule has 2 aromatic heterocycles. The normalized spacial score (nSPS) is 10.9. The number of imidazole rings is 1. The van der Waals surface area contributed by atoms with Gasteiger partial charge in [-0.1, -0.05) is 41.9 Å². The second kappa shape index (κ2) is 8.14. The monoisotopic (exact) mass is 427 g/mol. The third-order valence-electron chi connectivity index (χ3n) is 4.44.